The number of rotatable bonds is 1. The van der Waals surface area contributed by atoms with Crippen LogP contribution in [0.15, 0.2) is 0 Å². The quantitative estimate of drug-likeness (QED) is 0.635. The van der Waals surface area contributed by atoms with E-state index in [1.807, 2.05) is 7.05 Å². The Hall–Kier alpha value is 0.175. The van der Waals surface area contributed by atoms with Gasteiger partial charge in [-0.25, -0.2) is 4.39 Å². The highest BCUT2D eigenvalue weighted by atomic mass is 19.1. The molecule has 0 aromatic carbocycles. The average Bonchev–Trinajstić information content (AvgIpc) is 2.47. The van der Waals surface area contributed by atoms with E-state index in [1.165, 1.54) is 33.0 Å². The molecule has 0 saturated carbocycles. The Morgan fingerprint density at radius 2 is 1.19 bits per heavy atom. The van der Waals surface area contributed by atoms with Crippen LogP contribution in [0.5, 0.6) is 0 Å². The molecule has 2 saturated heterocycles. The Kier molecular flexibility index (Phi) is 34.5. The van der Waals surface area contributed by atoms with Gasteiger partial charge in [-0.2, -0.15) is 0 Å². The minimum absolute atomic E-state index is 0. The summed E-state index contributed by atoms with van der Waals surface area (Å²) in [6.07, 6.45) is 3.73. The van der Waals surface area contributed by atoms with Crippen molar-refractivity contribution in [2.45, 2.75) is 82.3 Å². The molecule has 0 amide bonds. The highest BCUT2D eigenvalue weighted by Crippen LogP contribution is 2.24. The number of hydrogen-bond acceptors (Lipinski definition) is 2. The minimum atomic E-state index is -0.882. The van der Waals surface area contributed by atoms with E-state index in [1.54, 1.807) is 6.92 Å². The van der Waals surface area contributed by atoms with E-state index in [0.717, 1.165) is 19.0 Å². The largest absolute Gasteiger partial charge is 0.306 e. The van der Waals surface area contributed by atoms with Crippen molar-refractivity contribution in [2.75, 3.05) is 40.3 Å². The van der Waals surface area contributed by atoms with Crippen LogP contribution in [0, 0.1) is 5.92 Å². The Balaban J connectivity index is -0.0000000579. The van der Waals surface area contributed by atoms with Crippen molar-refractivity contribution in [2.24, 2.45) is 5.92 Å². The molecule has 8 heteroatoms. The first-order chi connectivity index (χ1) is 10.2. The Labute approximate surface area is 179 Å². The molecule has 2 rings (SSSR count). The van der Waals surface area contributed by atoms with Gasteiger partial charge in [0.25, 0.3) is 0 Å². The lowest BCUT2D eigenvalue weighted by molar-refractivity contribution is 0.0870. The number of hydrogen-bond donors (Lipinski definition) is 0. The maximum absolute atomic E-state index is 13.0. The molecule has 2 heterocycles. The summed E-state index contributed by atoms with van der Waals surface area (Å²) in [6.45, 7) is 8.47. The predicted molar refractivity (Wildman–Crippen MR) is 135 cm³/mol. The molecule has 0 unspecified atom stereocenters. The van der Waals surface area contributed by atoms with Gasteiger partial charge < -0.3 is 9.80 Å². The SMILES string of the molecule is C.C.C.C.C.CC1CCN(C)CC1.CN1CCC(C)(F)CC1.[B][B]B([B])[B]. The van der Waals surface area contributed by atoms with Crippen molar-refractivity contribution >= 4 is 36.7 Å². The molecular formula is C19H49B5FN2. The molecule has 0 aromatic rings. The second-order valence-corrected chi connectivity index (χ2v) is 6.97. The second-order valence-electron chi connectivity index (χ2n) is 6.97. The van der Waals surface area contributed by atoms with Gasteiger partial charge in [0, 0.05) is 49.7 Å². The highest BCUT2D eigenvalue weighted by Gasteiger charge is 2.27. The van der Waals surface area contributed by atoms with Crippen molar-refractivity contribution in [3.05, 3.63) is 0 Å². The Morgan fingerprint density at radius 3 is 1.41 bits per heavy atom. The van der Waals surface area contributed by atoms with Gasteiger partial charge in [0.1, 0.15) is 5.67 Å². The summed E-state index contributed by atoms with van der Waals surface area (Å²) in [4.78, 5) is 4.57. The van der Waals surface area contributed by atoms with Gasteiger partial charge in [-0.1, -0.05) is 44.1 Å². The summed E-state index contributed by atoms with van der Waals surface area (Å²) < 4.78 is 13.0. The first kappa shape index (κ1) is 41.5. The van der Waals surface area contributed by atoms with Gasteiger partial charge in [-0.3, -0.25) is 0 Å². The van der Waals surface area contributed by atoms with Gasteiger partial charge in [0.05, 0.1) is 0 Å². The maximum Gasteiger partial charge on any atom is 0.110 e. The second kappa shape index (κ2) is 22.5. The number of piperidine rings is 2. The molecule has 7 radical (unpaired) electrons. The van der Waals surface area contributed by atoms with Crippen molar-refractivity contribution in [1.29, 1.82) is 0 Å². The summed E-state index contributed by atoms with van der Waals surface area (Å²) in [5, 5.41) is 0. The van der Waals surface area contributed by atoms with Crippen molar-refractivity contribution in [3.63, 3.8) is 0 Å². The molecule has 157 valence electrons. The van der Waals surface area contributed by atoms with Crippen LogP contribution in [0.4, 0.5) is 4.39 Å². The molecule has 0 aromatic heterocycles. The maximum atomic E-state index is 13.0. The number of halogens is 1. The average molecular weight is 379 g/mol. The zero-order valence-electron chi connectivity index (χ0n) is 14.9. The van der Waals surface area contributed by atoms with E-state index < -0.39 is 12.1 Å². The molecule has 2 aliphatic heterocycles. The third-order valence-corrected chi connectivity index (χ3v) is 4.26. The molecule has 0 atom stereocenters. The van der Waals surface area contributed by atoms with Gasteiger partial charge in [0.2, 0.25) is 0 Å². The topological polar surface area (TPSA) is 6.48 Å². The predicted octanol–water partition coefficient (Wildman–Crippen LogP) is 4.06. The van der Waals surface area contributed by atoms with E-state index in [9.17, 15) is 4.39 Å². The van der Waals surface area contributed by atoms with E-state index in [4.69, 9.17) is 23.2 Å². The van der Waals surface area contributed by atoms with Crippen LogP contribution in [0.1, 0.15) is 76.7 Å². The van der Waals surface area contributed by atoms with E-state index in [-0.39, 0.29) is 37.1 Å². The molecule has 27 heavy (non-hydrogen) atoms. The molecular weight excluding hydrogens is 329 g/mol. The summed E-state index contributed by atoms with van der Waals surface area (Å²) in [5.74, 6) is 0.978. The third-order valence-electron chi connectivity index (χ3n) is 4.26. The van der Waals surface area contributed by atoms with Gasteiger partial charge >= 0.3 is 0 Å². The zero-order chi connectivity index (χ0) is 17.2. The molecule has 0 spiro atoms. The van der Waals surface area contributed by atoms with E-state index in [2.05, 4.69) is 23.8 Å². The lowest BCUT2D eigenvalue weighted by Gasteiger charge is -2.31. The van der Waals surface area contributed by atoms with Crippen LogP contribution in [-0.2, 0) is 0 Å². The van der Waals surface area contributed by atoms with Crippen LogP contribution < -0.4 is 0 Å². The minimum Gasteiger partial charge on any atom is -0.306 e. The van der Waals surface area contributed by atoms with Gasteiger partial charge in [-0.05, 0) is 65.7 Å². The monoisotopic (exact) mass is 379 g/mol. The summed E-state index contributed by atoms with van der Waals surface area (Å²) >= 11 is 0. The summed E-state index contributed by atoms with van der Waals surface area (Å²) in [5.41, 5.74) is -0.882. The fourth-order valence-electron chi connectivity index (χ4n) is 2.22. The lowest BCUT2D eigenvalue weighted by atomic mass is 8.97. The van der Waals surface area contributed by atoms with E-state index in [0.29, 0.717) is 12.8 Å². The van der Waals surface area contributed by atoms with Crippen molar-refractivity contribution in [3.8, 4) is 0 Å². The van der Waals surface area contributed by atoms with Gasteiger partial charge in [-0.15, -0.1) is 0 Å². The fourth-order valence-corrected chi connectivity index (χ4v) is 2.22. The molecule has 0 bridgehead atoms. The highest BCUT2D eigenvalue weighted by molar-refractivity contribution is 7.60. The molecule has 2 fully saturated rings. The summed E-state index contributed by atoms with van der Waals surface area (Å²) in [6, 6.07) is 0. The van der Waals surface area contributed by atoms with Crippen LogP contribution in [0.2, 0.25) is 0 Å². The summed E-state index contributed by atoms with van der Waals surface area (Å²) in [7, 11) is 20.0. The first-order valence-electron chi connectivity index (χ1n) is 8.28. The van der Waals surface area contributed by atoms with Gasteiger partial charge in [0.15, 0.2) is 0 Å². The smallest absolute Gasteiger partial charge is 0.110 e. The Bertz CT molecular complexity index is 257. The van der Waals surface area contributed by atoms with Crippen LogP contribution in [-0.4, -0.2) is 92.4 Å². The molecule has 2 aliphatic rings. The molecule has 2 nitrogen and oxygen atoms in total. The molecule has 0 aliphatic carbocycles. The van der Waals surface area contributed by atoms with Crippen molar-refractivity contribution in [1.82, 2.24) is 9.80 Å². The number of alkyl halides is 1. The fraction of sp³-hybridized carbons (Fsp3) is 1.00. The van der Waals surface area contributed by atoms with Crippen LogP contribution in [0.25, 0.3) is 0 Å². The standard InChI is InChI=1S/C7H14FN.C7H15N.5CH4.B5/c1-7(8)3-5-9(2)6-4-7;1-7-3-5-8(2)6-4-7;;;;;;1-4-5(2)3/h3-6H2,1-2H3;7H,3-6H2,1-2H3;5*1H4;. The van der Waals surface area contributed by atoms with Crippen molar-refractivity contribution < 1.29 is 4.39 Å². The lowest BCUT2D eigenvalue weighted by Crippen LogP contribution is -2.37. The van der Waals surface area contributed by atoms with Crippen LogP contribution >= 0.6 is 0 Å². The first-order valence-corrected chi connectivity index (χ1v) is 8.28. The molecule has 0 N–H and O–H groups in total. The third kappa shape index (κ3) is 26.2. The normalized spacial score (nSPS) is 18.4. The zero-order valence-corrected chi connectivity index (χ0v) is 14.9. The van der Waals surface area contributed by atoms with Crippen LogP contribution in [0.3, 0.4) is 0 Å². The number of likely N-dealkylation sites (tertiary alicyclic amines) is 2. The number of nitrogens with zero attached hydrogens (tertiary/aromatic N) is 2. The Morgan fingerprint density at radius 1 is 0.889 bits per heavy atom. The van der Waals surface area contributed by atoms with E-state index >= 15 is 0 Å².